The zero-order chi connectivity index (χ0) is 24.8. The van der Waals surface area contributed by atoms with E-state index in [1.54, 1.807) is 38.1 Å². The Hall–Kier alpha value is -3.36. The Morgan fingerprint density at radius 3 is 2.38 bits per heavy atom. The lowest BCUT2D eigenvalue weighted by atomic mass is 10.1. The van der Waals surface area contributed by atoms with Gasteiger partial charge in [0.05, 0.1) is 27.5 Å². The lowest BCUT2D eigenvalue weighted by molar-refractivity contribution is 0.378. The highest BCUT2D eigenvalue weighted by Gasteiger charge is 2.31. The van der Waals surface area contributed by atoms with Crippen molar-refractivity contribution in [2.45, 2.75) is 38.6 Å². The van der Waals surface area contributed by atoms with Crippen LogP contribution in [0, 0.1) is 26.6 Å². The Kier molecular flexibility index (Phi) is 6.14. The Bertz CT molecular complexity index is 1580. The first-order chi connectivity index (χ1) is 16.0. The summed E-state index contributed by atoms with van der Waals surface area (Å²) >= 11 is 0. The van der Waals surface area contributed by atoms with Crippen molar-refractivity contribution in [3.63, 3.8) is 0 Å². The number of sulfonamides is 1. The summed E-state index contributed by atoms with van der Waals surface area (Å²) in [6.07, 6.45) is 0. The zero-order valence-electron chi connectivity index (χ0n) is 19.7. The first-order valence-electron chi connectivity index (χ1n) is 10.9. The van der Waals surface area contributed by atoms with Gasteiger partial charge in [-0.15, -0.1) is 0 Å². The van der Waals surface area contributed by atoms with Crippen molar-refractivity contribution in [3.05, 3.63) is 99.3 Å². The fourth-order valence-corrected chi connectivity index (χ4v) is 5.65. The second-order valence-corrected chi connectivity index (χ2v) is 10.5. The molecule has 4 rings (SSSR count). The van der Waals surface area contributed by atoms with Crippen LogP contribution in [0.25, 0.3) is 16.6 Å². The number of nitrogens with zero attached hydrogens (tertiary/aromatic N) is 3. The Morgan fingerprint density at radius 1 is 0.971 bits per heavy atom. The third-order valence-corrected chi connectivity index (χ3v) is 8.19. The lowest BCUT2D eigenvalue weighted by Gasteiger charge is -2.27. The minimum atomic E-state index is -4.08. The summed E-state index contributed by atoms with van der Waals surface area (Å²) < 4.78 is 43.5. The average molecular weight is 480 g/mol. The smallest absolute Gasteiger partial charge is 0.266 e. The largest absolute Gasteiger partial charge is 0.268 e. The van der Waals surface area contributed by atoms with Gasteiger partial charge in [-0.1, -0.05) is 35.9 Å². The van der Waals surface area contributed by atoms with Crippen LogP contribution in [0.5, 0.6) is 0 Å². The average Bonchev–Trinajstić information content (AvgIpc) is 2.80. The number of hydrogen-bond donors (Lipinski definition) is 0. The summed E-state index contributed by atoms with van der Waals surface area (Å²) in [5, 5.41) is 0.435. The van der Waals surface area contributed by atoms with Gasteiger partial charge in [0.25, 0.3) is 5.56 Å². The summed E-state index contributed by atoms with van der Waals surface area (Å²) in [6, 6.07) is 15.5. The predicted molar refractivity (Wildman–Crippen MR) is 131 cm³/mol. The van der Waals surface area contributed by atoms with E-state index in [0.717, 1.165) is 21.5 Å². The van der Waals surface area contributed by atoms with Crippen LogP contribution < -0.4 is 5.56 Å². The number of hydrogen-bond acceptors (Lipinski definition) is 4. The first kappa shape index (κ1) is 23.8. The molecule has 0 aliphatic rings. The molecule has 176 valence electrons. The van der Waals surface area contributed by atoms with Gasteiger partial charge in [0.15, 0.2) is 0 Å². The maximum Gasteiger partial charge on any atom is 0.266 e. The molecule has 34 heavy (non-hydrogen) atoms. The molecular formula is C26H26FN3O3S. The van der Waals surface area contributed by atoms with Crippen molar-refractivity contribution in [2.24, 2.45) is 0 Å². The first-order valence-corrected chi connectivity index (χ1v) is 12.3. The van der Waals surface area contributed by atoms with E-state index in [1.165, 1.54) is 23.7 Å². The van der Waals surface area contributed by atoms with E-state index in [1.807, 2.05) is 32.0 Å². The molecule has 0 aliphatic carbocycles. The fraction of sp³-hybridized carbons (Fsp3) is 0.231. The molecule has 0 fully saturated rings. The molecule has 4 aromatic rings. The van der Waals surface area contributed by atoms with Crippen molar-refractivity contribution in [3.8, 4) is 5.69 Å². The molecule has 1 atom stereocenters. The van der Waals surface area contributed by atoms with E-state index in [2.05, 4.69) is 0 Å². The molecule has 1 aromatic heterocycles. The molecule has 0 spiro atoms. The summed E-state index contributed by atoms with van der Waals surface area (Å²) in [6.45, 7) is 7.14. The highest BCUT2D eigenvalue weighted by atomic mass is 32.2. The molecule has 0 amide bonds. The van der Waals surface area contributed by atoms with Crippen LogP contribution in [-0.2, 0) is 10.0 Å². The molecule has 0 aliphatic heterocycles. The van der Waals surface area contributed by atoms with Gasteiger partial charge in [0.1, 0.15) is 11.6 Å². The van der Waals surface area contributed by atoms with Gasteiger partial charge in [-0.2, -0.15) is 4.31 Å². The molecule has 0 N–H and O–H groups in total. The van der Waals surface area contributed by atoms with Crippen molar-refractivity contribution in [1.82, 2.24) is 13.9 Å². The second kappa shape index (κ2) is 8.77. The topological polar surface area (TPSA) is 72.3 Å². The maximum atomic E-state index is 13.9. The second-order valence-electron chi connectivity index (χ2n) is 8.52. The molecule has 8 heteroatoms. The van der Waals surface area contributed by atoms with E-state index in [9.17, 15) is 17.6 Å². The predicted octanol–water partition coefficient (Wildman–Crippen LogP) is 4.83. The summed E-state index contributed by atoms with van der Waals surface area (Å²) in [5.41, 5.74) is 3.15. The van der Waals surface area contributed by atoms with Crippen LogP contribution >= 0.6 is 0 Å². The number of aryl methyl sites for hydroxylation is 3. The quantitative estimate of drug-likeness (QED) is 0.411. The van der Waals surface area contributed by atoms with Crippen molar-refractivity contribution >= 4 is 20.9 Å². The van der Waals surface area contributed by atoms with E-state index in [-0.39, 0.29) is 16.3 Å². The summed E-state index contributed by atoms with van der Waals surface area (Å²) in [5.74, 6) is -0.364. The maximum absolute atomic E-state index is 13.9. The van der Waals surface area contributed by atoms with E-state index < -0.39 is 21.9 Å². The van der Waals surface area contributed by atoms with Crippen molar-refractivity contribution in [2.75, 3.05) is 7.05 Å². The number of halogens is 1. The van der Waals surface area contributed by atoms with E-state index in [4.69, 9.17) is 4.98 Å². The fourth-order valence-electron chi connectivity index (χ4n) is 4.10. The minimum absolute atomic E-state index is 0.122. The van der Waals surface area contributed by atoms with E-state index in [0.29, 0.717) is 22.2 Å². The highest BCUT2D eigenvalue weighted by molar-refractivity contribution is 7.89. The molecule has 1 unspecified atom stereocenters. The Morgan fingerprint density at radius 2 is 1.68 bits per heavy atom. The minimum Gasteiger partial charge on any atom is -0.268 e. The zero-order valence-corrected chi connectivity index (χ0v) is 20.5. The molecule has 0 radical (unpaired) electrons. The lowest BCUT2D eigenvalue weighted by Crippen LogP contribution is -2.35. The van der Waals surface area contributed by atoms with Crippen LogP contribution in [0.1, 0.15) is 35.5 Å². The van der Waals surface area contributed by atoms with Gasteiger partial charge in [-0.3, -0.25) is 9.36 Å². The third kappa shape index (κ3) is 4.03. The SMILES string of the molecule is Cc1ccc(-n2c(C(C)N(C)S(=O)(=O)c3cc(F)ccc3C)nc3ccccc3c2=O)c(C)c1. The standard InChI is InChI=1S/C26H26FN3O3S/c1-16-10-13-23(18(3)14-16)30-25(28-22-9-7-6-8-21(22)26(30)31)19(4)29(5)34(32,33)24-15-20(27)12-11-17(24)2/h6-15,19H,1-5H3. The highest BCUT2D eigenvalue weighted by Crippen LogP contribution is 2.29. The molecular weight excluding hydrogens is 453 g/mol. The van der Waals surface area contributed by atoms with Gasteiger partial charge in [0, 0.05) is 7.05 Å². The van der Waals surface area contributed by atoms with Gasteiger partial charge in [0.2, 0.25) is 10.0 Å². The normalized spacial score (nSPS) is 12.9. The molecule has 6 nitrogen and oxygen atoms in total. The van der Waals surface area contributed by atoms with Gasteiger partial charge in [-0.05, 0) is 69.2 Å². The van der Waals surface area contributed by atoms with Crippen LogP contribution in [-0.4, -0.2) is 29.3 Å². The number of benzene rings is 3. The van der Waals surface area contributed by atoms with Gasteiger partial charge >= 0.3 is 0 Å². The number of para-hydroxylation sites is 1. The van der Waals surface area contributed by atoms with Crippen LogP contribution in [0.15, 0.2) is 70.4 Å². The van der Waals surface area contributed by atoms with Crippen molar-refractivity contribution < 1.29 is 12.8 Å². The number of aromatic nitrogens is 2. The van der Waals surface area contributed by atoms with Gasteiger partial charge < -0.3 is 0 Å². The van der Waals surface area contributed by atoms with Crippen LogP contribution in [0.2, 0.25) is 0 Å². The summed E-state index contributed by atoms with van der Waals surface area (Å²) in [4.78, 5) is 18.2. The van der Waals surface area contributed by atoms with Gasteiger partial charge in [-0.25, -0.2) is 17.8 Å². The molecule has 1 heterocycles. The molecule has 0 bridgehead atoms. The molecule has 0 saturated heterocycles. The summed E-state index contributed by atoms with van der Waals surface area (Å²) in [7, 11) is -2.67. The Balaban J connectivity index is 1.96. The van der Waals surface area contributed by atoms with Crippen LogP contribution in [0.3, 0.4) is 0 Å². The van der Waals surface area contributed by atoms with Crippen molar-refractivity contribution in [1.29, 1.82) is 0 Å². The van der Waals surface area contributed by atoms with E-state index >= 15 is 0 Å². The number of rotatable bonds is 5. The van der Waals surface area contributed by atoms with Crippen LogP contribution in [0.4, 0.5) is 4.39 Å². The Labute approximate surface area is 198 Å². The number of fused-ring (bicyclic) bond motifs is 1. The molecule has 0 saturated carbocycles. The molecule has 3 aromatic carbocycles. The third-order valence-electron chi connectivity index (χ3n) is 6.12. The monoisotopic (exact) mass is 479 g/mol.